The first kappa shape index (κ1) is 12.4. The van der Waals surface area contributed by atoms with Crippen molar-refractivity contribution in [3.8, 4) is 0 Å². The molecule has 0 aromatic carbocycles. The zero-order valence-corrected chi connectivity index (χ0v) is 11.4. The largest absolute Gasteiger partial charge is 0.301 e. The van der Waals surface area contributed by atoms with E-state index in [0.29, 0.717) is 5.15 Å². The van der Waals surface area contributed by atoms with Gasteiger partial charge in [0.1, 0.15) is 5.15 Å². The van der Waals surface area contributed by atoms with Crippen molar-refractivity contribution >= 4 is 11.6 Å². The van der Waals surface area contributed by atoms with E-state index in [1.165, 1.54) is 32.5 Å². The minimum absolute atomic E-state index is 0.597. The maximum Gasteiger partial charge on any atom is 0.129 e. The molecule has 0 N–H and O–H groups in total. The Balaban J connectivity index is 1.47. The third-order valence-corrected chi connectivity index (χ3v) is 4.05. The SMILES string of the molecule is Clc1cccc(CN2CCN(CC3CC3)CC2)n1. The summed E-state index contributed by atoms with van der Waals surface area (Å²) in [5, 5.41) is 0.597. The standard InChI is InChI=1S/C14H20ClN3/c15-14-3-1-2-13(16-14)11-18-8-6-17(7-9-18)10-12-4-5-12/h1-3,12H,4-11H2. The van der Waals surface area contributed by atoms with Crippen LogP contribution in [-0.4, -0.2) is 47.5 Å². The quantitative estimate of drug-likeness (QED) is 0.779. The number of hydrogen-bond acceptors (Lipinski definition) is 3. The van der Waals surface area contributed by atoms with Gasteiger partial charge in [0.15, 0.2) is 0 Å². The molecule has 1 aromatic heterocycles. The minimum atomic E-state index is 0.597. The second kappa shape index (κ2) is 5.55. The zero-order valence-electron chi connectivity index (χ0n) is 10.7. The van der Waals surface area contributed by atoms with Crippen LogP contribution in [-0.2, 0) is 6.54 Å². The normalized spacial score (nSPS) is 22.3. The fourth-order valence-corrected chi connectivity index (χ4v) is 2.74. The number of hydrogen-bond donors (Lipinski definition) is 0. The molecule has 98 valence electrons. The smallest absolute Gasteiger partial charge is 0.129 e. The van der Waals surface area contributed by atoms with Gasteiger partial charge < -0.3 is 4.90 Å². The molecule has 0 spiro atoms. The molecule has 0 atom stereocenters. The van der Waals surface area contributed by atoms with Gasteiger partial charge in [-0.25, -0.2) is 4.98 Å². The Kier molecular flexibility index (Phi) is 3.83. The highest BCUT2D eigenvalue weighted by Gasteiger charge is 2.26. The number of piperazine rings is 1. The number of rotatable bonds is 4. The minimum Gasteiger partial charge on any atom is -0.301 e. The van der Waals surface area contributed by atoms with Crippen molar-refractivity contribution in [2.75, 3.05) is 32.7 Å². The third kappa shape index (κ3) is 3.44. The topological polar surface area (TPSA) is 19.4 Å². The first-order valence-corrected chi connectivity index (χ1v) is 7.23. The number of aromatic nitrogens is 1. The summed E-state index contributed by atoms with van der Waals surface area (Å²) >= 11 is 5.91. The van der Waals surface area contributed by atoms with Crippen molar-refractivity contribution in [3.05, 3.63) is 29.0 Å². The van der Waals surface area contributed by atoms with Gasteiger partial charge in [-0.3, -0.25) is 4.90 Å². The Morgan fingerprint density at radius 3 is 2.50 bits per heavy atom. The van der Waals surface area contributed by atoms with Crippen molar-refractivity contribution in [2.45, 2.75) is 19.4 Å². The summed E-state index contributed by atoms with van der Waals surface area (Å²) in [5.74, 6) is 1.01. The van der Waals surface area contributed by atoms with Gasteiger partial charge in [-0.2, -0.15) is 0 Å². The van der Waals surface area contributed by atoms with Crippen molar-refractivity contribution < 1.29 is 0 Å². The van der Waals surface area contributed by atoms with Crippen molar-refractivity contribution in [2.24, 2.45) is 5.92 Å². The van der Waals surface area contributed by atoms with Crippen LogP contribution in [0.3, 0.4) is 0 Å². The van der Waals surface area contributed by atoms with Crippen LogP contribution in [0, 0.1) is 5.92 Å². The Bertz CT molecular complexity index is 398. The van der Waals surface area contributed by atoms with Crippen LogP contribution in [0.4, 0.5) is 0 Å². The molecular formula is C14H20ClN3. The van der Waals surface area contributed by atoms with Crippen LogP contribution >= 0.6 is 11.6 Å². The van der Waals surface area contributed by atoms with Gasteiger partial charge in [-0.05, 0) is 30.9 Å². The first-order chi connectivity index (χ1) is 8.79. The summed E-state index contributed by atoms with van der Waals surface area (Å²) in [4.78, 5) is 9.44. The second-order valence-corrected chi connectivity index (χ2v) is 5.86. The molecule has 1 saturated heterocycles. The molecule has 1 aliphatic carbocycles. The second-order valence-electron chi connectivity index (χ2n) is 5.47. The lowest BCUT2D eigenvalue weighted by molar-refractivity contribution is 0.122. The molecule has 0 radical (unpaired) electrons. The lowest BCUT2D eigenvalue weighted by Gasteiger charge is -2.34. The summed E-state index contributed by atoms with van der Waals surface area (Å²) in [6.07, 6.45) is 2.90. The summed E-state index contributed by atoms with van der Waals surface area (Å²) in [6, 6.07) is 5.87. The molecule has 2 aliphatic rings. The maximum absolute atomic E-state index is 5.91. The highest BCUT2D eigenvalue weighted by atomic mass is 35.5. The molecule has 0 amide bonds. The average molecular weight is 266 g/mol. The van der Waals surface area contributed by atoms with E-state index in [9.17, 15) is 0 Å². The Labute approximate surface area is 114 Å². The van der Waals surface area contributed by atoms with Gasteiger partial charge in [0.2, 0.25) is 0 Å². The van der Waals surface area contributed by atoms with Crippen LogP contribution < -0.4 is 0 Å². The fourth-order valence-electron chi connectivity index (χ4n) is 2.56. The van der Waals surface area contributed by atoms with E-state index in [-0.39, 0.29) is 0 Å². The highest BCUT2D eigenvalue weighted by molar-refractivity contribution is 6.29. The van der Waals surface area contributed by atoms with E-state index in [0.717, 1.165) is 31.2 Å². The van der Waals surface area contributed by atoms with E-state index < -0.39 is 0 Å². The van der Waals surface area contributed by atoms with Gasteiger partial charge in [-0.15, -0.1) is 0 Å². The predicted molar refractivity (Wildman–Crippen MR) is 73.7 cm³/mol. The van der Waals surface area contributed by atoms with E-state index in [1.807, 2.05) is 12.1 Å². The lowest BCUT2D eigenvalue weighted by Crippen LogP contribution is -2.46. The zero-order chi connectivity index (χ0) is 12.4. The lowest BCUT2D eigenvalue weighted by atomic mass is 10.2. The molecule has 3 nitrogen and oxygen atoms in total. The van der Waals surface area contributed by atoms with Crippen molar-refractivity contribution in [1.82, 2.24) is 14.8 Å². The summed E-state index contributed by atoms with van der Waals surface area (Å²) in [6.45, 7) is 6.97. The Hall–Kier alpha value is -0.640. The predicted octanol–water partition coefficient (Wildman–Crippen LogP) is 2.26. The van der Waals surface area contributed by atoms with Crippen molar-refractivity contribution in [1.29, 1.82) is 0 Å². The van der Waals surface area contributed by atoms with E-state index in [2.05, 4.69) is 20.9 Å². The molecule has 1 aromatic rings. The van der Waals surface area contributed by atoms with Gasteiger partial charge >= 0.3 is 0 Å². The summed E-state index contributed by atoms with van der Waals surface area (Å²) in [5.41, 5.74) is 1.08. The number of halogens is 1. The number of pyridine rings is 1. The Morgan fingerprint density at radius 2 is 1.83 bits per heavy atom. The monoisotopic (exact) mass is 265 g/mol. The van der Waals surface area contributed by atoms with Crippen LogP contribution in [0.25, 0.3) is 0 Å². The molecule has 1 aliphatic heterocycles. The fraction of sp³-hybridized carbons (Fsp3) is 0.643. The molecule has 1 saturated carbocycles. The first-order valence-electron chi connectivity index (χ1n) is 6.86. The molecule has 2 fully saturated rings. The molecule has 0 unspecified atom stereocenters. The molecule has 0 bridgehead atoms. The van der Waals surface area contributed by atoms with Gasteiger partial charge in [-0.1, -0.05) is 17.7 Å². The molecular weight excluding hydrogens is 246 g/mol. The Morgan fingerprint density at radius 1 is 1.11 bits per heavy atom. The van der Waals surface area contributed by atoms with E-state index in [1.54, 1.807) is 0 Å². The van der Waals surface area contributed by atoms with Gasteiger partial charge in [0, 0.05) is 39.3 Å². The van der Waals surface area contributed by atoms with Gasteiger partial charge in [0.25, 0.3) is 0 Å². The van der Waals surface area contributed by atoms with Crippen LogP contribution in [0.2, 0.25) is 5.15 Å². The van der Waals surface area contributed by atoms with E-state index >= 15 is 0 Å². The molecule has 4 heteroatoms. The van der Waals surface area contributed by atoms with E-state index in [4.69, 9.17) is 11.6 Å². The molecule has 3 rings (SSSR count). The van der Waals surface area contributed by atoms with Crippen molar-refractivity contribution in [3.63, 3.8) is 0 Å². The van der Waals surface area contributed by atoms with Gasteiger partial charge in [0.05, 0.1) is 5.69 Å². The molecule has 2 heterocycles. The average Bonchev–Trinajstić information content (AvgIpc) is 3.16. The molecule has 18 heavy (non-hydrogen) atoms. The highest BCUT2D eigenvalue weighted by Crippen LogP contribution is 2.29. The maximum atomic E-state index is 5.91. The summed E-state index contributed by atoms with van der Waals surface area (Å²) in [7, 11) is 0. The summed E-state index contributed by atoms with van der Waals surface area (Å²) < 4.78 is 0. The van der Waals surface area contributed by atoms with Crippen LogP contribution in [0.15, 0.2) is 18.2 Å². The van der Waals surface area contributed by atoms with Crippen LogP contribution in [0.1, 0.15) is 18.5 Å². The third-order valence-electron chi connectivity index (χ3n) is 3.84. The number of nitrogens with zero attached hydrogens (tertiary/aromatic N) is 3. The van der Waals surface area contributed by atoms with Crippen LogP contribution in [0.5, 0.6) is 0 Å².